The minimum Gasteiger partial charge on any atom is -0.374 e. The predicted octanol–water partition coefficient (Wildman–Crippen LogP) is 17.9. The number of fused-ring (bicyclic) bond motifs is 4. The van der Waals surface area contributed by atoms with E-state index in [2.05, 4.69) is 0 Å². The van der Waals surface area contributed by atoms with Gasteiger partial charge < -0.3 is 94.7 Å². The van der Waals surface area contributed by atoms with Gasteiger partial charge in [0.05, 0.1) is 131 Å². The van der Waals surface area contributed by atoms with E-state index in [1.807, 2.05) is 376 Å². The van der Waals surface area contributed by atoms with Crippen LogP contribution in [-0.4, -0.2) is 167 Å². The standard InChI is InChI=1S/C114H118N6O20/c1-13-37-81(38-14-1)63-121-77-95-99-103(125-67-85-45-21-5-22-46-85)109(131-73-91-57-33-11-34-58-91)113(137-95)139-101-97(79-123-65-83-41-17-3-18-42-83)135-111(107(129-71-89-53-29-9-30-54-89)105(101)127-69-87-49-25-7-26-50-87)120-62-94(116-118-120)76-134-100-96(78-122-64-82-39-15-2-16-40-82)138-114(110(132-74-92-59-35-12-36-60-92)104(100)126-68-86-47-23-6-24-48-86)140-102-98(80-124-66-84-43-19-4-20-44-84)136-112(119-61-93(75-133-99)115-117-119)108(130-72-90-55-31-10-32-56-90)106(102)128-70-88-51-27-8-28-52-88/h1-62,95-114H,63-80H2. The van der Waals surface area contributed by atoms with Gasteiger partial charge in [0.2, 0.25) is 0 Å². The van der Waals surface area contributed by atoms with Crippen molar-refractivity contribution in [2.75, 3.05) is 26.4 Å². The van der Waals surface area contributed by atoms with Crippen molar-refractivity contribution in [2.45, 2.75) is 215 Å². The zero-order valence-corrected chi connectivity index (χ0v) is 77.9. The largest absolute Gasteiger partial charge is 0.374 e. The van der Waals surface area contributed by atoms with Crippen molar-refractivity contribution >= 4 is 0 Å². The van der Waals surface area contributed by atoms with E-state index in [4.69, 9.17) is 115 Å². The van der Waals surface area contributed by atoms with Crippen LogP contribution >= 0.6 is 0 Å². The smallest absolute Gasteiger partial charge is 0.187 e. The molecule has 14 aromatic rings. The van der Waals surface area contributed by atoms with Crippen LogP contribution in [0.4, 0.5) is 0 Å². The van der Waals surface area contributed by atoms with Crippen LogP contribution in [0.2, 0.25) is 0 Å². The van der Waals surface area contributed by atoms with Crippen LogP contribution < -0.4 is 0 Å². The van der Waals surface area contributed by atoms with Gasteiger partial charge >= 0.3 is 0 Å². The van der Waals surface area contributed by atoms with Gasteiger partial charge in [-0.1, -0.05) is 374 Å². The summed E-state index contributed by atoms with van der Waals surface area (Å²) in [6.45, 7) is 0.996. The summed E-state index contributed by atoms with van der Waals surface area (Å²) in [5.41, 5.74) is 11.5. The van der Waals surface area contributed by atoms with E-state index in [-0.39, 0.29) is 119 Å². The summed E-state index contributed by atoms with van der Waals surface area (Å²) in [6, 6.07) is 120. The molecule has 12 aromatic carbocycles. The second-order valence-corrected chi connectivity index (χ2v) is 35.4. The predicted molar refractivity (Wildman–Crippen MR) is 517 cm³/mol. The maximum atomic E-state index is 8.00. The number of aromatic nitrogens is 6. The summed E-state index contributed by atoms with van der Waals surface area (Å²) < 4.78 is 153. The van der Waals surface area contributed by atoms with Crippen molar-refractivity contribution < 1.29 is 94.7 Å². The molecule has 0 spiro atoms. The number of ether oxygens (including phenoxy) is 20. The van der Waals surface area contributed by atoms with Gasteiger partial charge in [-0.2, -0.15) is 0 Å². The van der Waals surface area contributed by atoms with Gasteiger partial charge in [0, 0.05) is 0 Å². The lowest BCUT2D eigenvalue weighted by molar-refractivity contribution is -0.368. The van der Waals surface area contributed by atoms with Gasteiger partial charge in [0.25, 0.3) is 0 Å². The molecule has 4 fully saturated rings. The summed E-state index contributed by atoms with van der Waals surface area (Å²) in [6.07, 6.45) is -18.2. The highest BCUT2D eigenvalue weighted by atomic mass is 16.8. The van der Waals surface area contributed by atoms with E-state index in [1.54, 1.807) is 9.36 Å². The number of rotatable bonds is 40. The third kappa shape index (κ3) is 26.7. The molecule has 20 atom stereocenters. The number of nitrogens with zero attached hydrogens (tertiary/aromatic N) is 6. The van der Waals surface area contributed by atoms with Crippen LogP contribution in [0, 0.1) is 0 Å². The van der Waals surface area contributed by atoms with Crippen LogP contribution in [0.1, 0.15) is 90.6 Å². The molecule has 0 radical (unpaired) electrons. The van der Waals surface area contributed by atoms with Crippen molar-refractivity contribution in [3.05, 3.63) is 455 Å². The lowest BCUT2D eigenvalue weighted by Crippen LogP contribution is -2.65. The molecule has 0 amide bonds. The topological polar surface area (TPSA) is 246 Å². The molecular formula is C114H118N6O20. The summed E-state index contributed by atoms with van der Waals surface area (Å²) >= 11 is 0. The monoisotopic (exact) mass is 1890 g/mol. The fourth-order valence-electron chi connectivity index (χ4n) is 18.2. The van der Waals surface area contributed by atoms with E-state index in [0.717, 1.165) is 66.8 Å². The average Bonchev–Trinajstić information content (AvgIpc) is 1.08. The Labute approximate surface area is 816 Å². The molecule has 8 heterocycles. The summed E-state index contributed by atoms with van der Waals surface area (Å²) in [7, 11) is 0. The van der Waals surface area contributed by atoms with E-state index in [9.17, 15) is 0 Å². The van der Waals surface area contributed by atoms with Crippen LogP contribution in [0.3, 0.4) is 0 Å². The van der Waals surface area contributed by atoms with E-state index >= 15 is 0 Å². The van der Waals surface area contributed by atoms with E-state index in [0.29, 0.717) is 11.4 Å². The Kier molecular flexibility index (Phi) is 35.0. The molecule has 12 bridgehead atoms. The highest BCUT2D eigenvalue weighted by molar-refractivity contribution is 5.24. The Hall–Kier alpha value is -11.9. The van der Waals surface area contributed by atoms with Gasteiger partial charge in [-0.05, 0) is 66.8 Å². The van der Waals surface area contributed by atoms with Gasteiger partial charge in [0.15, 0.2) is 25.0 Å². The average molecular weight is 1890 g/mol. The summed E-state index contributed by atoms with van der Waals surface area (Å²) in [5, 5.41) is 20.1. The molecule has 140 heavy (non-hydrogen) atoms. The van der Waals surface area contributed by atoms with Crippen LogP contribution in [-0.2, 0) is 187 Å². The molecule has 2 aromatic heterocycles. The second kappa shape index (κ2) is 50.5. The third-order valence-corrected chi connectivity index (χ3v) is 25.3. The Balaban J connectivity index is 0.790. The SMILES string of the molecule is c1ccc(COCC2OC3OC4C(COCc5ccccc5)OC(C(OCc5ccccc5)C4OCc4ccccc4)n4cc(nn4)COC4C(COCc5ccccc5)OC(OC5C(COCc6ccccc6)OC(C(OCc6ccccc6)C5OCc5ccccc5)n5cc(nn5)COC2C(OCc2ccccc2)C3OCc2ccccc2)C(OCc2ccccc2)C4OCc2ccccc2)cc1. The van der Waals surface area contributed by atoms with Crippen LogP contribution in [0.15, 0.2) is 376 Å². The lowest BCUT2D eigenvalue weighted by Gasteiger charge is -2.50. The fourth-order valence-corrected chi connectivity index (χ4v) is 18.2. The molecule has 6 aliphatic rings. The summed E-state index contributed by atoms with van der Waals surface area (Å²) in [4.78, 5) is 0. The van der Waals surface area contributed by atoms with Crippen LogP contribution in [0.5, 0.6) is 0 Å². The van der Waals surface area contributed by atoms with Crippen molar-refractivity contribution in [1.29, 1.82) is 0 Å². The minimum atomic E-state index is -1.34. The highest BCUT2D eigenvalue weighted by Crippen LogP contribution is 2.43. The first kappa shape index (κ1) is 97.0. The molecular weight excluding hydrogens is 1770 g/mol. The van der Waals surface area contributed by atoms with Crippen molar-refractivity contribution in [3.8, 4) is 0 Å². The molecule has 0 aliphatic carbocycles. The van der Waals surface area contributed by atoms with Gasteiger partial charge in [-0.25, -0.2) is 9.36 Å². The zero-order chi connectivity index (χ0) is 94.3. The first-order chi connectivity index (χ1) is 69.4. The number of hydrogen-bond acceptors (Lipinski definition) is 24. The van der Waals surface area contributed by atoms with Gasteiger partial charge in [0.1, 0.15) is 109 Å². The quantitative estimate of drug-likeness (QED) is 0.0346. The van der Waals surface area contributed by atoms with Gasteiger partial charge in [-0.15, -0.1) is 10.2 Å². The minimum absolute atomic E-state index is 0.0427. The number of benzene rings is 12. The van der Waals surface area contributed by atoms with Crippen LogP contribution in [0.25, 0.3) is 0 Å². The molecule has 724 valence electrons. The Morgan fingerprint density at radius 1 is 0.207 bits per heavy atom. The molecule has 20 unspecified atom stereocenters. The van der Waals surface area contributed by atoms with Crippen molar-refractivity contribution in [3.63, 3.8) is 0 Å². The molecule has 20 rings (SSSR count). The van der Waals surface area contributed by atoms with Gasteiger partial charge in [-0.3, -0.25) is 0 Å². The molecule has 6 aliphatic heterocycles. The maximum Gasteiger partial charge on any atom is 0.187 e. The summed E-state index contributed by atoms with van der Waals surface area (Å²) in [5.74, 6) is 0. The fraction of sp³-hybridized carbons (Fsp3) is 0.333. The van der Waals surface area contributed by atoms with Crippen molar-refractivity contribution in [2.24, 2.45) is 0 Å². The maximum absolute atomic E-state index is 8.00. The molecule has 26 nitrogen and oxygen atoms in total. The van der Waals surface area contributed by atoms with E-state index < -0.39 is 123 Å². The number of hydrogen-bond donors (Lipinski definition) is 0. The van der Waals surface area contributed by atoms with Crippen molar-refractivity contribution in [1.82, 2.24) is 30.0 Å². The third-order valence-electron chi connectivity index (χ3n) is 25.3. The Morgan fingerprint density at radius 3 is 0.629 bits per heavy atom. The lowest BCUT2D eigenvalue weighted by atomic mass is 9.95. The molecule has 0 saturated carbocycles. The van der Waals surface area contributed by atoms with E-state index in [1.165, 1.54) is 0 Å². The normalized spacial score (nSPS) is 25.4. The molecule has 26 heteroatoms. The highest BCUT2D eigenvalue weighted by Gasteiger charge is 2.58. The first-order valence-corrected chi connectivity index (χ1v) is 48.1. The molecule has 4 saturated heterocycles. The zero-order valence-electron chi connectivity index (χ0n) is 77.9. The second-order valence-electron chi connectivity index (χ2n) is 35.4. The first-order valence-electron chi connectivity index (χ1n) is 48.1. The Bertz CT molecular complexity index is 5520. The molecule has 0 N–H and O–H groups in total. The Morgan fingerprint density at radius 2 is 0.400 bits per heavy atom.